The number of rotatable bonds is 3. The Hall–Kier alpha value is -2.01. The van der Waals surface area contributed by atoms with Gasteiger partial charge in [-0.25, -0.2) is 9.37 Å². The smallest absolute Gasteiger partial charge is 0.262 e. The fourth-order valence-corrected chi connectivity index (χ4v) is 2.10. The van der Waals surface area contributed by atoms with E-state index in [1.54, 1.807) is 25.3 Å². The van der Waals surface area contributed by atoms with Gasteiger partial charge in [0.1, 0.15) is 15.7 Å². The molecule has 0 saturated heterocycles. The van der Waals surface area contributed by atoms with Gasteiger partial charge in [-0.3, -0.25) is 4.79 Å². The molecule has 0 bridgehead atoms. The fourth-order valence-electron chi connectivity index (χ4n) is 1.33. The Morgan fingerprint density at radius 1 is 1.33 bits per heavy atom. The second-order valence-electron chi connectivity index (χ2n) is 3.53. The van der Waals surface area contributed by atoms with Crippen LogP contribution in [0.15, 0.2) is 30.5 Å². The van der Waals surface area contributed by atoms with Crippen molar-refractivity contribution in [1.82, 2.24) is 10.3 Å². The van der Waals surface area contributed by atoms with Gasteiger partial charge in [0.15, 0.2) is 0 Å². The summed E-state index contributed by atoms with van der Waals surface area (Å²) in [6, 6.07) is 6.16. The lowest BCUT2D eigenvalue weighted by Crippen LogP contribution is -2.16. The SMILES string of the molecule is CNC(=O)c1cnc(C=Cc2ccc(F)cc2)s1. The predicted octanol–water partition coefficient (Wildman–Crippen LogP) is 2.81. The molecule has 0 fully saturated rings. The lowest BCUT2D eigenvalue weighted by atomic mass is 10.2. The molecule has 3 nitrogen and oxygen atoms in total. The number of aromatic nitrogens is 1. The van der Waals surface area contributed by atoms with E-state index >= 15 is 0 Å². The minimum absolute atomic E-state index is 0.145. The Balaban J connectivity index is 2.11. The highest BCUT2D eigenvalue weighted by atomic mass is 32.1. The molecule has 1 aromatic carbocycles. The molecule has 1 amide bonds. The molecule has 1 heterocycles. The zero-order valence-corrected chi connectivity index (χ0v) is 10.5. The minimum atomic E-state index is -0.261. The zero-order chi connectivity index (χ0) is 13.0. The molecule has 2 aromatic rings. The van der Waals surface area contributed by atoms with Crippen molar-refractivity contribution in [3.8, 4) is 0 Å². The first-order valence-electron chi connectivity index (χ1n) is 5.30. The van der Waals surface area contributed by atoms with Gasteiger partial charge in [0.05, 0.1) is 6.20 Å². The summed E-state index contributed by atoms with van der Waals surface area (Å²) in [5, 5.41) is 3.27. The van der Waals surface area contributed by atoms with Crippen molar-refractivity contribution in [3.05, 3.63) is 51.7 Å². The number of carbonyl (C=O) groups is 1. The monoisotopic (exact) mass is 262 g/mol. The molecular weight excluding hydrogens is 251 g/mol. The van der Waals surface area contributed by atoms with Crippen LogP contribution in [0.5, 0.6) is 0 Å². The van der Waals surface area contributed by atoms with Gasteiger partial charge in [-0.15, -0.1) is 11.3 Å². The van der Waals surface area contributed by atoms with Gasteiger partial charge >= 0.3 is 0 Å². The van der Waals surface area contributed by atoms with Crippen molar-refractivity contribution in [1.29, 1.82) is 0 Å². The molecule has 5 heteroatoms. The van der Waals surface area contributed by atoms with Crippen LogP contribution in [0.4, 0.5) is 4.39 Å². The van der Waals surface area contributed by atoms with Crippen LogP contribution in [0.3, 0.4) is 0 Å². The number of halogens is 1. The number of thiazole rings is 1. The van der Waals surface area contributed by atoms with Crippen LogP contribution in [-0.4, -0.2) is 17.9 Å². The second kappa shape index (κ2) is 5.55. The summed E-state index contributed by atoms with van der Waals surface area (Å²) >= 11 is 1.30. The molecule has 0 saturated carbocycles. The first-order chi connectivity index (χ1) is 8.69. The summed E-state index contributed by atoms with van der Waals surface area (Å²) in [4.78, 5) is 16.0. The summed E-state index contributed by atoms with van der Waals surface area (Å²) in [6.07, 6.45) is 5.16. The first-order valence-corrected chi connectivity index (χ1v) is 6.12. The predicted molar refractivity (Wildman–Crippen MR) is 70.8 cm³/mol. The maximum absolute atomic E-state index is 12.7. The summed E-state index contributed by atoms with van der Waals surface area (Å²) in [5.41, 5.74) is 0.882. The van der Waals surface area contributed by atoms with E-state index in [1.807, 2.05) is 6.08 Å². The van der Waals surface area contributed by atoms with Crippen LogP contribution >= 0.6 is 11.3 Å². The number of nitrogens with zero attached hydrogens (tertiary/aromatic N) is 1. The van der Waals surface area contributed by atoms with Crippen molar-refractivity contribution < 1.29 is 9.18 Å². The number of carbonyl (C=O) groups excluding carboxylic acids is 1. The van der Waals surface area contributed by atoms with Crippen LogP contribution in [0.1, 0.15) is 20.2 Å². The number of nitrogens with one attached hydrogen (secondary N) is 1. The molecule has 0 radical (unpaired) electrons. The molecule has 2 rings (SSSR count). The van der Waals surface area contributed by atoms with Gasteiger partial charge in [0, 0.05) is 7.05 Å². The Labute approximate surface area is 108 Å². The highest BCUT2D eigenvalue weighted by Gasteiger charge is 2.06. The summed E-state index contributed by atoms with van der Waals surface area (Å²) in [6.45, 7) is 0. The van der Waals surface area contributed by atoms with E-state index in [4.69, 9.17) is 0 Å². The van der Waals surface area contributed by atoms with E-state index in [0.717, 1.165) is 10.6 Å². The van der Waals surface area contributed by atoms with Gasteiger partial charge in [0.25, 0.3) is 5.91 Å². The number of amides is 1. The standard InChI is InChI=1S/C13H11FN2OS/c1-15-13(17)11-8-16-12(18-11)7-4-9-2-5-10(14)6-3-9/h2-8H,1H3,(H,15,17). The van der Waals surface area contributed by atoms with E-state index in [1.165, 1.54) is 29.7 Å². The highest BCUT2D eigenvalue weighted by Crippen LogP contribution is 2.16. The molecule has 0 aliphatic heterocycles. The molecule has 92 valence electrons. The molecule has 0 aliphatic rings. The molecular formula is C13H11FN2OS. The lowest BCUT2D eigenvalue weighted by Gasteiger charge is -1.92. The lowest BCUT2D eigenvalue weighted by molar-refractivity contribution is 0.0967. The third kappa shape index (κ3) is 3.01. The van der Waals surface area contributed by atoms with Gasteiger partial charge < -0.3 is 5.32 Å². The molecule has 0 unspecified atom stereocenters. The van der Waals surface area contributed by atoms with E-state index in [0.29, 0.717) is 4.88 Å². The Morgan fingerprint density at radius 2 is 2.06 bits per heavy atom. The molecule has 1 N–H and O–H groups in total. The molecule has 18 heavy (non-hydrogen) atoms. The van der Waals surface area contributed by atoms with Crippen LogP contribution < -0.4 is 5.32 Å². The summed E-state index contributed by atoms with van der Waals surface area (Å²) < 4.78 is 12.7. The Bertz CT molecular complexity index is 575. The number of hydrogen-bond acceptors (Lipinski definition) is 3. The fraction of sp³-hybridized carbons (Fsp3) is 0.0769. The van der Waals surface area contributed by atoms with Gasteiger partial charge in [-0.1, -0.05) is 18.2 Å². The average molecular weight is 262 g/mol. The number of benzene rings is 1. The van der Waals surface area contributed by atoms with Gasteiger partial charge in [0.2, 0.25) is 0 Å². The van der Waals surface area contributed by atoms with Crippen molar-refractivity contribution in [2.45, 2.75) is 0 Å². The van der Waals surface area contributed by atoms with E-state index in [9.17, 15) is 9.18 Å². The quantitative estimate of drug-likeness (QED) is 0.924. The molecule has 0 atom stereocenters. The van der Waals surface area contributed by atoms with E-state index in [2.05, 4.69) is 10.3 Å². The normalized spacial score (nSPS) is 10.8. The van der Waals surface area contributed by atoms with Crippen molar-refractivity contribution in [2.24, 2.45) is 0 Å². The van der Waals surface area contributed by atoms with Crippen LogP contribution in [0.2, 0.25) is 0 Å². The zero-order valence-electron chi connectivity index (χ0n) is 9.68. The van der Waals surface area contributed by atoms with Crippen molar-refractivity contribution in [3.63, 3.8) is 0 Å². The molecule has 0 spiro atoms. The highest BCUT2D eigenvalue weighted by molar-refractivity contribution is 7.14. The maximum Gasteiger partial charge on any atom is 0.262 e. The number of hydrogen-bond donors (Lipinski definition) is 1. The van der Waals surface area contributed by atoms with E-state index < -0.39 is 0 Å². The average Bonchev–Trinajstić information content (AvgIpc) is 2.86. The van der Waals surface area contributed by atoms with Crippen LogP contribution in [0.25, 0.3) is 12.2 Å². The summed E-state index contributed by atoms with van der Waals surface area (Å²) in [5.74, 6) is -0.405. The van der Waals surface area contributed by atoms with Crippen LogP contribution in [0, 0.1) is 5.82 Å². The topological polar surface area (TPSA) is 42.0 Å². The van der Waals surface area contributed by atoms with Crippen LogP contribution in [-0.2, 0) is 0 Å². The van der Waals surface area contributed by atoms with Gasteiger partial charge in [-0.2, -0.15) is 0 Å². The van der Waals surface area contributed by atoms with Crippen molar-refractivity contribution >= 4 is 29.4 Å². The minimum Gasteiger partial charge on any atom is -0.354 e. The molecule has 1 aromatic heterocycles. The largest absolute Gasteiger partial charge is 0.354 e. The van der Waals surface area contributed by atoms with Gasteiger partial charge in [-0.05, 0) is 23.8 Å². The van der Waals surface area contributed by atoms with E-state index in [-0.39, 0.29) is 11.7 Å². The summed E-state index contributed by atoms with van der Waals surface area (Å²) in [7, 11) is 1.58. The second-order valence-corrected chi connectivity index (χ2v) is 4.59. The first kappa shape index (κ1) is 12.4. The van der Waals surface area contributed by atoms with Crippen molar-refractivity contribution in [2.75, 3.05) is 7.05 Å². The Morgan fingerprint density at radius 3 is 2.72 bits per heavy atom. The maximum atomic E-state index is 12.7. The third-order valence-corrected chi connectivity index (χ3v) is 3.22. The third-order valence-electron chi connectivity index (χ3n) is 2.26. The molecule has 0 aliphatic carbocycles. The Kier molecular flexibility index (Phi) is 3.84.